The van der Waals surface area contributed by atoms with Crippen LogP contribution in [0.15, 0.2) is 85.2 Å². The topological polar surface area (TPSA) is 159 Å². The van der Waals surface area contributed by atoms with Gasteiger partial charge < -0.3 is 20.3 Å². The molecular weight excluding hydrogens is 699 g/mol. The van der Waals surface area contributed by atoms with Crippen LogP contribution >= 0.6 is 0 Å². The highest BCUT2D eigenvalue weighted by molar-refractivity contribution is 6.23. The van der Waals surface area contributed by atoms with Gasteiger partial charge in [-0.25, -0.2) is 9.97 Å². The lowest BCUT2D eigenvalue weighted by molar-refractivity contribution is -0.136. The summed E-state index contributed by atoms with van der Waals surface area (Å²) in [5.74, 6) is 0.881. The molecule has 1 spiro atoms. The second-order valence-corrected chi connectivity index (χ2v) is 15.4. The molecule has 1 atom stereocenters. The maximum absolute atomic E-state index is 13.3. The van der Waals surface area contributed by atoms with Gasteiger partial charge in [0.2, 0.25) is 17.8 Å². The van der Waals surface area contributed by atoms with Crippen molar-refractivity contribution < 1.29 is 23.9 Å². The van der Waals surface area contributed by atoms with E-state index in [4.69, 9.17) is 15.5 Å². The zero-order valence-corrected chi connectivity index (χ0v) is 30.1. The third-order valence-corrected chi connectivity index (χ3v) is 12.0. The van der Waals surface area contributed by atoms with Gasteiger partial charge in [-0.2, -0.15) is 0 Å². The molecule has 3 aromatic carbocycles. The summed E-state index contributed by atoms with van der Waals surface area (Å²) < 4.78 is 8.07. The Morgan fingerprint density at radius 1 is 0.836 bits per heavy atom. The lowest BCUT2D eigenvalue weighted by atomic mass is 9.71. The van der Waals surface area contributed by atoms with Crippen LogP contribution in [0.4, 0.5) is 17.5 Å². The number of rotatable bonds is 7. The monoisotopic (exact) mass is 737 g/mol. The minimum absolute atomic E-state index is 0.0960. The summed E-state index contributed by atoms with van der Waals surface area (Å²) in [6, 6.07) is 22.4. The van der Waals surface area contributed by atoms with E-state index in [0.717, 1.165) is 96.9 Å². The van der Waals surface area contributed by atoms with Gasteiger partial charge in [-0.15, -0.1) is 0 Å². The summed E-state index contributed by atoms with van der Waals surface area (Å²) in [6.45, 7) is 5.59. The summed E-state index contributed by atoms with van der Waals surface area (Å²) in [6.07, 6.45) is 6.04. The SMILES string of the molecule is Nc1nccn2c(N3CCC4(CC3)CN(C3CN(c5ccc6c(c5)C(=O)N(C5CCC(=O)NC5=O)C6=O)C3)C4)nc(-c3ccc(Oc4ccccc4)cc3)c12. The minimum atomic E-state index is -0.968. The van der Waals surface area contributed by atoms with E-state index < -0.39 is 23.8 Å². The van der Waals surface area contributed by atoms with Crippen molar-refractivity contribution in [2.75, 3.05) is 54.8 Å². The number of piperidine rings is 2. The standard InChI is InChI=1S/C41H39N9O5/c42-36-35-34(25-6-9-29(10-7-25)55-28-4-2-1-3-5-28)45-40(49(35)19-16-43-36)46-17-14-41(15-18-46)23-48(24-41)27-21-47(22-27)26-8-11-30-31(20-26)39(54)50(38(30)53)32-12-13-33(51)44-37(32)52/h1-11,16,19-20,27,32H,12-15,17-18,21-24H2,(H2,42,43)(H,44,51,52). The van der Waals surface area contributed by atoms with Gasteiger partial charge in [0.25, 0.3) is 11.8 Å². The van der Waals surface area contributed by atoms with Gasteiger partial charge >= 0.3 is 0 Å². The molecule has 5 aliphatic heterocycles. The van der Waals surface area contributed by atoms with E-state index in [2.05, 4.69) is 29.4 Å². The Kier molecular flexibility index (Phi) is 7.66. The number of hydrogen-bond acceptors (Lipinski definition) is 11. The first-order chi connectivity index (χ1) is 26.7. The third-order valence-electron chi connectivity index (χ3n) is 12.0. The number of fused-ring (bicyclic) bond motifs is 2. The molecule has 278 valence electrons. The van der Waals surface area contributed by atoms with Crippen molar-refractivity contribution in [3.8, 4) is 22.8 Å². The van der Waals surface area contributed by atoms with Crippen LogP contribution in [0.2, 0.25) is 0 Å². The van der Waals surface area contributed by atoms with Gasteiger partial charge in [0, 0.05) is 75.4 Å². The molecule has 14 nitrogen and oxygen atoms in total. The van der Waals surface area contributed by atoms with Crippen molar-refractivity contribution in [1.29, 1.82) is 0 Å². The molecule has 5 aliphatic rings. The third kappa shape index (κ3) is 5.58. The molecule has 0 bridgehead atoms. The second kappa shape index (κ2) is 12.7. The van der Waals surface area contributed by atoms with Crippen molar-refractivity contribution >= 4 is 46.6 Å². The molecule has 2 aromatic heterocycles. The van der Waals surface area contributed by atoms with E-state index >= 15 is 0 Å². The number of ether oxygens (including phenoxy) is 1. The Hall–Kier alpha value is -6.28. The number of nitrogen functional groups attached to an aromatic ring is 1. The molecular formula is C41H39N9O5. The highest BCUT2D eigenvalue weighted by atomic mass is 16.5. The number of hydrogen-bond donors (Lipinski definition) is 2. The zero-order chi connectivity index (χ0) is 37.4. The van der Waals surface area contributed by atoms with Crippen LogP contribution in [0.3, 0.4) is 0 Å². The number of aromatic nitrogens is 3. The van der Waals surface area contributed by atoms with Crippen molar-refractivity contribution in [3.63, 3.8) is 0 Å². The number of carbonyl (C=O) groups excluding carboxylic acids is 4. The number of anilines is 3. The van der Waals surface area contributed by atoms with Crippen LogP contribution in [0.25, 0.3) is 16.8 Å². The molecule has 10 rings (SSSR count). The number of nitrogens with zero attached hydrogens (tertiary/aromatic N) is 7. The Morgan fingerprint density at radius 2 is 1.56 bits per heavy atom. The number of imide groups is 2. The number of carbonyl (C=O) groups is 4. The minimum Gasteiger partial charge on any atom is -0.457 e. The number of para-hydroxylation sites is 1. The van der Waals surface area contributed by atoms with Crippen molar-refractivity contribution in [1.82, 2.24) is 29.5 Å². The van der Waals surface area contributed by atoms with Gasteiger partial charge in [0.05, 0.1) is 11.1 Å². The summed E-state index contributed by atoms with van der Waals surface area (Å²) in [5.41, 5.74) is 10.8. The van der Waals surface area contributed by atoms with Crippen LogP contribution in [-0.4, -0.2) is 99.1 Å². The summed E-state index contributed by atoms with van der Waals surface area (Å²) in [5, 5.41) is 2.25. The zero-order valence-electron chi connectivity index (χ0n) is 30.1. The van der Waals surface area contributed by atoms with Crippen LogP contribution in [0.5, 0.6) is 11.5 Å². The molecule has 4 saturated heterocycles. The average molecular weight is 738 g/mol. The Morgan fingerprint density at radius 3 is 2.31 bits per heavy atom. The molecule has 4 amide bonds. The second-order valence-electron chi connectivity index (χ2n) is 15.4. The fraction of sp³-hybridized carbons (Fsp3) is 0.317. The predicted molar refractivity (Wildman–Crippen MR) is 204 cm³/mol. The van der Waals surface area contributed by atoms with E-state index in [9.17, 15) is 19.2 Å². The van der Waals surface area contributed by atoms with Gasteiger partial charge in [-0.3, -0.25) is 38.7 Å². The molecule has 7 heterocycles. The van der Waals surface area contributed by atoms with E-state index in [0.29, 0.717) is 23.0 Å². The number of likely N-dealkylation sites (tertiary alicyclic amines) is 1. The quantitative estimate of drug-likeness (QED) is 0.233. The Labute approximate surface area is 316 Å². The van der Waals surface area contributed by atoms with Crippen molar-refractivity contribution in [2.45, 2.75) is 37.8 Å². The number of nitrogens with two attached hydrogens (primary N) is 1. The molecule has 55 heavy (non-hydrogen) atoms. The Bertz CT molecular complexity index is 2370. The predicted octanol–water partition coefficient (Wildman–Crippen LogP) is 3.96. The maximum Gasteiger partial charge on any atom is 0.262 e. The number of nitrogens with one attached hydrogen (secondary N) is 1. The first-order valence-electron chi connectivity index (χ1n) is 18.8. The normalized spacial score (nSPS) is 21.2. The van der Waals surface area contributed by atoms with E-state index in [1.807, 2.05) is 66.9 Å². The number of imidazole rings is 1. The first kappa shape index (κ1) is 33.3. The highest BCUT2D eigenvalue weighted by Gasteiger charge is 2.50. The fourth-order valence-electron chi connectivity index (χ4n) is 8.90. The Balaban J connectivity index is 0.765. The van der Waals surface area contributed by atoms with E-state index in [1.54, 1.807) is 18.3 Å². The van der Waals surface area contributed by atoms with Crippen LogP contribution in [-0.2, 0) is 9.59 Å². The average Bonchev–Trinajstić information content (AvgIpc) is 3.67. The summed E-state index contributed by atoms with van der Waals surface area (Å²) in [7, 11) is 0. The van der Waals surface area contributed by atoms with Crippen molar-refractivity contribution in [2.24, 2.45) is 5.41 Å². The van der Waals surface area contributed by atoms with Gasteiger partial charge in [-0.05, 0) is 79.3 Å². The smallest absolute Gasteiger partial charge is 0.262 e. The first-order valence-corrected chi connectivity index (χ1v) is 18.8. The maximum atomic E-state index is 13.3. The van der Waals surface area contributed by atoms with Gasteiger partial charge in [0.1, 0.15) is 34.6 Å². The number of amides is 4. The molecule has 0 radical (unpaired) electrons. The van der Waals surface area contributed by atoms with E-state index in [-0.39, 0.29) is 24.2 Å². The largest absolute Gasteiger partial charge is 0.457 e. The van der Waals surface area contributed by atoms with Crippen LogP contribution in [0.1, 0.15) is 46.4 Å². The van der Waals surface area contributed by atoms with Crippen LogP contribution < -0.4 is 25.6 Å². The molecule has 0 saturated carbocycles. The fourth-order valence-corrected chi connectivity index (χ4v) is 8.90. The van der Waals surface area contributed by atoms with E-state index in [1.165, 1.54) is 0 Å². The van der Waals surface area contributed by atoms with Gasteiger partial charge in [0.15, 0.2) is 0 Å². The highest BCUT2D eigenvalue weighted by Crippen LogP contribution is 2.44. The summed E-state index contributed by atoms with van der Waals surface area (Å²) >= 11 is 0. The van der Waals surface area contributed by atoms with Crippen LogP contribution in [0, 0.1) is 5.41 Å². The molecule has 4 fully saturated rings. The molecule has 5 aromatic rings. The molecule has 0 aliphatic carbocycles. The number of benzene rings is 3. The molecule has 1 unspecified atom stereocenters. The van der Waals surface area contributed by atoms with Crippen molar-refractivity contribution in [3.05, 3.63) is 96.3 Å². The van der Waals surface area contributed by atoms with Gasteiger partial charge in [-0.1, -0.05) is 18.2 Å². The summed E-state index contributed by atoms with van der Waals surface area (Å²) in [4.78, 5) is 68.2. The molecule has 14 heteroatoms. The molecule has 3 N–H and O–H groups in total. The lowest BCUT2D eigenvalue weighted by Gasteiger charge is -2.60. The lowest BCUT2D eigenvalue weighted by Crippen LogP contribution is -2.70.